The molecule has 0 aromatic carbocycles. The highest BCUT2D eigenvalue weighted by molar-refractivity contribution is 6.30. The van der Waals surface area contributed by atoms with Crippen molar-refractivity contribution in [3.05, 3.63) is 23.4 Å². The Bertz CT molecular complexity index is 665. The number of carbonyl (C=O) groups excluding carboxylic acids is 2. The summed E-state index contributed by atoms with van der Waals surface area (Å²) in [5.41, 5.74) is -0.525. The van der Waals surface area contributed by atoms with Crippen molar-refractivity contribution in [3.8, 4) is 0 Å². The molecule has 0 N–H and O–H groups in total. The van der Waals surface area contributed by atoms with Gasteiger partial charge in [-0.05, 0) is 37.8 Å². The van der Waals surface area contributed by atoms with E-state index in [1.165, 1.54) is 0 Å². The summed E-state index contributed by atoms with van der Waals surface area (Å²) in [6.45, 7) is 2.75. The minimum atomic E-state index is -0.525. The van der Waals surface area contributed by atoms with E-state index in [-0.39, 0.29) is 24.2 Å². The minimum absolute atomic E-state index is 0.0801. The second kappa shape index (κ2) is 6.48. The largest absolute Gasteiger partial charge is 0.458 e. The van der Waals surface area contributed by atoms with Crippen LogP contribution in [0.15, 0.2) is 18.3 Å². The monoisotopic (exact) mass is 363 g/mol. The van der Waals surface area contributed by atoms with Crippen LogP contribution >= 0.6 is 11.6 Å². The number of aromatic nitrogens is 1. The first-order chi connectivity index (χ1) is 12.1. The molecule has 0 unspecified atom stereocenters. The number of pyridine rings is 1. The SMILES string of the molecule is O=C1C[C@H](C(=O)N2CCN(c3ccc(Cl)cn3)CC2)C2(CCCC2)O1. The Labute approximate surface area is 152 Å². The lowest BCUT2D eigenvalue weighted by Gasteiger charge is -2.38. The standard InChI is InChI=1S/C18H22ClN3O3/c19-13-3-4-15(20-12-13)21-7-9-22(10-8-21)17(24)14-11-16(23)25-18(14)5-1-2-6-18/h3-4,12,14H,1-2,5-11H2/t14-/m1/s1. The maximum atomic E-state index is 13.0. The van der Waals surface area contributed by atoms with E-state index in [4.69, 9.17) is 16.3 Å². The maximum Gasteiger partial charge on any atom is 0.307 e. The highest BCUT2D eigenvalue weighted by atomic mass is 35.5. The van der Waals surface area contributed by atoms with Gasteiger partial charge in [0.25, 0.3) is 0 Å². The number of hydrogen-bond donors (Lipinski definition) is 0. The molecule has 1 saturated carbocycles. The van der Waals surface area contributed by atoms with Crippen LogP contribution in [-0.4, -0.2) is 53.5 Å². The van der Waals surface area contributed by atoms with E-state index >= 15 is 0 Å². The third-order valence-corrected chi connectivity index (χ3v) is 5.92. The number of rotatable bonds is 2. The maximum absolute atomic E-state index is 13.0. The van der Waals surface area contributed by atoms with Crippen LogP contribution in [0.2, 0.25) is 5.02 Å². The molecular formula is C18H22ClN3O3. The fraction of sp³-hybridized carbons (Fsp3) is 0.611. The number of piperazine rings is 1. The van der Waals surface area contributed by atoms with Crippen LogP contribution in [0.5, 0.6) is 0 Å². The van der Waals surface area contributed by atoms with Gasteiger partial charge in [0.05, 0.1) is 17.4 Å². The molecule has 1 aromatic heterocycles. The van der Waals surface area contributed by atoms with Crippen molar-refractivity contribution in [2.24, 2.45) is 5.92 Å². The van der Waals surface area contributed by atoms with E-state index in [2.05, 4.69) is 9.88 Å². The van der Waals surface area contributed by atoms with Gasteiger partial charge in [0.1, 0.15) is 11.4 Å². The summed E-state index contributed by atoms with van der Waals surface area (Å²) in [6, 6.07) is 3.73. The predicted octanol–water partition coefficient (Wildman–Crippen LogP) is 2.26. The summed E-state index contributed by atoms with van der Waals surface area (Å²) in [7, 11) is 0. The van der Waals surface area contributed by atoms with E-state index in [0.717, 1.165) is 44.6 Å². The molecule has 1 spiro atoms. The van der Waals surface area contributed by atoms with Crippen molar-refractivity contribution in [3.63, 3.8) is 0 Å². The van der Waals surface area contributed by atoms with Gasteiger partial charge in [-0.15, -0.1) is 0 Å². The van der Waals surface area contributed by atoms with E-state index in [0.29, 0.717) is 18.1 Å². The molecule has 0 bridgehead atoms. The normalized spacial score (nSPS) is 25.5. The average Bonchev–Trinajstić information content (AvgIpc) is 3.22. The molecule has 1 amide bonds. The summed E-state index contributed by atoms with van der Waals surface area (Å²) >= 11 is 5.89. The van der Waals surface area contributed by atoms with Crippen LogP contribution in [0.3, 0.4) is 0 Å². The van der Waals surface area contributed by atoms with E-state index < -0.39 is 5.60 Å². The van der Waals surface area contributed by atoms with E-state index in [1.807, 2.05) is 17.0 Å². The summed E-state index contributed by atoms with van der Waals surface area (Å²) in [5, 5.41) is 0.616. The molecule has 2 aliphatic heterocycles. The Morgan fingerprint density at radius 3 is 2.56 bits per heavy atom. The number of halogens is 1. The third-order valence-electron chi connectivity index (χ3n) is 5.70. The van der Waals surface area contributed by atoms with Crippen molar-refractivity contribution < 1.29 is 14.3 Å². The van der Waals surface area contributed by atoms with Crippen LogP contribution in [-0.2, 0) is 14.3 Å². The number of amides is 1. The molecular weight excluding hydrogens is 342 g/mol. The molecule has 4 rings (SSSR count). The van der Waals surface area contributed by atoms with Gasteiger partial charge in [0, 0.05) is 32.4 Å². The number of ether oxygens (including phenoxy) is 1. The molecule has 1 atom stereocenters. The van der Waals surface area contributed by atoms with E-state index in [1.54, 1.807) is 6.20 Å². The Morgan fingerprint density at radius 1 is 1.20 bits per heavy atom. The minimum Gasteiger partial charge on any atom is -0.458 e. The Hall–Kier alpha value is -1.82. The second-order valence-electron chi connectivity index (χ2n) is 7.15. The van der Waals surface area contributed by atoms with Gasteiger partial charge in [0.15, 0.2) is 0 Å². The number of carbonyl (C=O) groups is 2. The summed E-state index contributed by atoms with van der Waals surface area (Å²) in [6.07, 6.45) is 5.59. The van der Waals surface area contributed by atoms with Crippen molar-refractivity contribution in [2.45, 2.75) is 37.7 Å². The zero-order valence-electron chi connectivity index (χ0n) is 14.1. The lowest BCUT2D eigenvalue weighted by Crippen LogP contribution is -2.53. The van der Waals surface area contributed by atoms with Crippen LogP contribution < -0.4 is 4.90 Å². The molecule has 0 radical (unpaired) electrons. The first-order valence-corrected chi connectivity index (χ1v) is 9.32. The van der Waals surface area contributed by atoms with Crippen molar-refractivity contribution >= 4 is 29.3 Å². The topological polar surface area (TPSA) is 62.7 Å². The van der Waals surface area contributed by atoms with Crippen LogP contribution in [0.4, 0.5) is 5.82 Å². The van der Waals surface area contributed by atoms with Crippen molar-refractivity contribution in [2.75, 3.05) is 31.1 Å². The Balaban J connectivity index is 1.41. The van der Waals surface area contributed by atoms with Gasteiger partial charge in [0.2, 0.25) is 5.91 Å². The molecule has 25 heavy (non-hydrogen) atoms. The summed E-state index contributed by atoms with van der Waals surface area (Å²) in [4.78, 5) is 33.3. The lowest BCUT2D eigenvalue weighted by atomic mass is 9.84. The zero-order chi connectivity index (χ0) is 17.4. The number of anilines is 1. The first kappa shape index (κ1) is 16.6. The van der Waals surface area contributed by atoms with Gasteiger partial charge in [-0.1, -0.05) is 11.6 Å². The number of nitrogens with zero attached hydrogens (tertiary/aromatic N) is 3. The summed E-state index contributed by atoms with van der Waals surface area (Å²) < 4.78 is 5.62. The van der Waals surface area contributed by atoms with E-state index in [9.17, 15) is 9.59 Å². The Kier molecular flexibility index (Phi) is 4.31. The summed E-state index contributed by atoms with van der Waals surface area (Å²) in [5.74, 6) is 0.437. The molecule has 2 saturated heterocycles. The van der Waals surface area contributed by atoms with Gasteiger partial charge >= 0.3 is 5.97 Å². The van der Waals surface area contributed by atoms with Gasteiger partial charge in [-0.25, -0.2) is 4.98 Å². The highest BCUT2D eigenvalue weighted by Crippen LogP contribution is 2.46. The molecule has 3 heterocycles. The van der Waals surface area contributed by atoms with Crippen LogP contribution in [0.1, 0.15) is 32.1 Å². The molecule has 1 aromatic rings. The Morgan fingerprint density at radius 2 is 1.92 bits per heavy atom. The average molecular weight is 364 g/mol. The van der Waals surface area contributed by atoms with Crippen molar-refractivity contribution in [1.82, 2.24) is 9.88 Å². The van der Waals surface area contributed by atoms with Gasteiger partial charge in [-0.3, -0.25) is 9.59 Å². The smallest absolute Gasteiger partial charge is 0.307 e. The highest BCUT2D eigenvalue weighted by Gasteiger charge is 2.54. The fourth-order valence-electron chi connectivity index (χ4n) is 4.36. The number of hydrogen-bond acceptors (Lipinski definition) is 5. The molecule has 134 valence electrons. The fourth-order valence-corrected chi connectivity index (χ4v) is 4.47. The zero-order valence-corrected chi connectivity index (χ0v) is 14.9. The van der Waals surface area contributed by atoms with Gasteiger partial charge < -0.3 is 14.5 Å². The second-order valence-corrected chi connectivity index (χ2v) is 7.59. The molecule has 3 aliphatic rings. The molecule has 3 fully saturated rings. The molecule has 1 aliphatic carbocycles. The molecule has 6 nitrogen and oxygen atoms in total. The third kappa shape index (κ3) is 3.08. The number of esters is 1. The van der Waals surface area contributed by atoms with Crippen LogP contribution in [0, 0.1) is 5.92 Å². The quantitative estimate of drug-likeness (QED) is 0.754. The predicted molar refractivity (Wildman–Crippen MR) is 93.4 cm³/mol. The van der Waals surface area contributed by atoms with Crippen molar-refractivity contribution in [1.29, 1.82) is 0 Å². The first-order valence-electron chi connectivity index (χ1n) is 8.95. The van der Waals surface area contributed by atoms with Gasteiger partial charge in [-0.2, -0.15) is 0 Å². The lowest BCUT2D eigenvalue weighted by molar-refractivity contribution is -0.151. The molecule has 7 heteroatoms. The van der Waals surface area contributed by atoms with Crippen LogP contribution in [0.25, 0.3) is 0 Å².